The Morgan fingerprint density at radius 3 is 2.63 bits per heavy atom. The van der Waals surface area contributed by atoms with Crippen molar-refractivity contribution in [2.45, 2.75) is 50.4 Å². The summed E-state index contributed by atoms with van der Waals surface area (Å²) < 4.78 is 27.2. The molecule has 1 aliphatic carbocycles. The second kappa shape index (κ2) is 4.53. The number of likely N-dealkylation sites (tertiary alicyclic amines) is 1. The lowest BCUT2D eigenvalue weighted by Crippen LogP contribution is -2.77. The molecule has 4 atom stereocenters. The van der Waals surface area contributed by atoms with Gasteiger partial charge >= 0.3 is 0 Å². The summed E-state index contributed by atoms with van der Waals surface area (Å²) in [4.78, 5) is 1.87. The van der Waals surface area contributed by atoms with Crippen molar-refractivity contribution in [1.29, 1.82) is 0 Å². The number of rotatable bonds is 4. The Hall–Kier alpha value is -1.00. The fraction of sp³-hybridized carbons (Fsp3) is 0.600. The molecule has 0 aromatic heterocycles. The first kappa shape index (κ1) is 13.0. The van der Waals surface area contributed by atoms with Crippen LogP contribution in [0.4, 0.5) is 8.78 Å². The molecule has 4 heteroatoms. The lowest BCUT2D eigenvalue weighted by atomic mass is 9.61. The van der Waals surface area contributed by atoms with Crippen molar-refractivity contribution in [2.24, 2.45) is 5.92 Å². The molecule has 3 rings (SSSR count). The second-order valence-corrected chi connectivity index (χ2v) is 5.88. The molecule has 1 aromatic carbocycles. The molecule has 2 fully saturated rings. The third-order valence-corrected chi connectivity index (χ3v) is 4.41. The van der Waals surface area contributed by atoms with E-state index < -0.39 is 18.1 Å². The zero-order valence-corrected chi connectivity index (χ0v) is 11.0. The minimum absolute atomic E-state index is 0.0135. The van der Waals surface area contributed by atoms with Gasteiger partial charge in [-0.3, -0.25) is 4.90 Å². The molecule has 0 bridgehead atoms. The van der Waals surface area contributed by atoms with Crippen LogP contribution in [0.3, 0.4) is 0 Å². The van der Waals surface area contributed by atoms with Crippen molar-refractivity contribution in [1.82, 2.24) is 4.90 Å². The van der Waals surface area contributed by atoms with Crippen LogP contribution in [-0.4, -0.2) is 34.1 Å². The number of alkyl halides is 2. The van der Waals surface area contributed by atoms with Crippen LogP contribution in [0.2, 0.25) is 0 Å². The number of fused-ring (bicyclic) bond motifs is 1. The van der Waals surface area contributed by atoms with E-state index in [1.165, 1.54) is 0 Å². The van der Waals surface area contributed by atoms with E-state index in [9.17, 15) is 13.9 Å². The summed E-state index contributed by atoms with van der Waals surface area (Å²) in [6, 6.07) is 9.19. The van der Waals surface area contributed by atoms with Gasteiger partial charge in [0.15, 0.2) is 0 Å². The topological polar surface area (TPSA) is 23.5 Å². The van der Waals surface area contributed by atoms with Crippen LogP contribution in [0.5, 0.6) is 0 Å². The van der Waals surface area contributed by atoms with Crippen molar-refractivity contribution in [3.8, 4) is 0 Å². The van der Waals surface area contributed by atoms with Gasteiger partial charge in [-0.1, -0.05) is 30.3 Å². The maximum Gasteiger partial charge on any atom is 0.264 e. The molecule has 1 aliphatic heterocycles. The van der Waals surface area contributed by atoms with Gasteiger partial charge in [0.1, 0.15) is 0 Å². The van der Waals surface area contributed by atoms with E-state index in [4.69, 9.17) is 0 Å². The highest BCUT2D eigenvalue weighted by Gasteiger charge is 2.69. The standard InChI is InChI=1S/C15H19F2NO/c1-10(19)7-13-12-8-15(16,17)14(12)18(13)9-11-5-3-2-4-6-11/h2-6,10,12-14,19H,7-9H2,1H3. The number of aliphatic hydroxyl groups excluding tert-OH is 1. The summed E-state index contributed by atoms with van der Waals surface area (Å²) in [6.07, 6.45) is 0.142. The average Bonchev–Trinajstić information content (AvgIpc) is 2.34. The van der Waals surface area contributed by atoms with Crippen LogP contribution in [-0.2, 0) is 6.54 Å². The fourth-order valence-corrected chi connectivity index (χ4v) is 3.55. The summed E-state index contributed by atoms with van der Waals surface area (Å²) in [6.45, 7) is 2.28. The number of aliphatic hydroxyl groups is 1. The van der Waals surface area contributed by atoms with Crippen LogP contribution in [0.25, 0.3) is 0 Å². The van der Waals surface area contributed by atoms with E-state index in [0.717, 1.165) is 5.56 Å². The Balaban J connectivity index is 1.73. The monoisotopic (exact) mass is 267 g/mol. The van der Waals surface area contributed by atoms with Gasteiger partial charge in [-0.25, -0.2) is 8.78 Å². The van der Waals surface area contributed by atoms with E-state index in [1.807, 2.05) is 35.2 Å². The minimum Gasteiger partial charge on any atom is -0.393 e. The van der Waals surface area contributed by atoms with Crippen molar-refractivity contribution >= 4 is 0 Å². The maximum atomic E-state index is 13.6. The zero-order valence-electron chi connectivity index (χ0n) is 11.0. The Kier molecular flexibility index (Phi) is 3.10. The molecule has 0 amide bonds. The molecule has 4 unspecified atom stereocenters. The van der Waals surface area contributed by atoms with Gasteiger partial charge in [-0.05, 0) is 18.9 Å². The fourth-order valence-electron chi connectivity index (χ4n) is 3.55. The van der Waals surface area contributed by atoms with E-state index in [-0.39, 0.29) is 18.4 Å². The number of nitrogens with zero attached hydrogens (tertiary/aromatic N) is 1. The summed E-state index contributed by atoms with van der Waals surface area (Å²) in [7, 11) is 0. The third kappa shape index (κ3) is 2.17. The molecular weight excluding hydrogens is 248 g/mol. The molecule has 1 saturated carbocycles. The Morgan fingerprint density at radius 2 is 2.05 bits per heavy atom. The van der Waals surface area contributed by atoms with Crippen LogP contribution < -0.4 is 0 Å². The van der Waals surface area contributed by atoms with Crippen molar-refractivity contribution in [3.05, 3.63) is 35.9 Å². The SMILES string of the molecule is CC(O)CC1C2CC(F)(F)C2N1Cc1ccccc1. The lowest BCUT2D eigenvalue weighted by Gasteiger charge is -2.65. The van der Waals surface area contributed by atoms with Crippen molar-refractivity contribution in [3.63, 3.8) is 0 Å². The number of hydrogen-bond donors (Lipinski definition) is 1. The quantitative estimate of drug-likeness (QED) is 0.906. The zero-order chi connectivity index (χ0) is 13.6. The van der Waals surface area contributed by atoms with Gasteiger partial charge in [-0.2, -0.15) is 0 Å². The number of benzene rings is 1. The first-order valence-corrected chi connectivity index (χ1v) is 6.84. The van der Waals surface area contributed by atoms with Crippen molar-refractivity contribution in [2.75, 3.05) is 0 Å². The van der Waals surface area contributed by atoms with Crippen LogP contribution >= 0.6 is 0 Å². The highest BCUT2D eigenvalue weighted by molar-refractivity contribution is 5.21. The molecule has 0 radical (unpaired) electrons. The third-order valence-electron chi connectivity index (χ3n) is 4.41. The number of halogens is 2. The first-order chi connectivity index (χ1) is 8.99. The molecule has 1 aromatic rings. The lowest BCUT2D eigenvalue weighted by molar-refractivity contribution is -0.282. The number of piperidine rings is 1. The normalized spacial score (nSPS) is 34.0. The highest BCUT2D eigenvalue weighted by atomic mass is 19.3. The predicted octanol–water partition coefficient (Wildman–Crippen LogP) is 2.67. The largest absolute Gasteiger partial charge is 0.393 e. The Labute approximate surface area is 112 Å². The predicted molar refractivity (Wildman–Crippen MR) is 68.9 cm³/mol. The summed E-state index contributed by atoms with van der Waals surface area (Å²) in [5.74, 6) is -2.48. The summed E-state index contributed by atoms with van der Waals surface area (Å²) >= 11 is 0. The van der Waals surface area contributed by atoms with E-state index in [1.54, 1.807) is 6.92 Å². The molecule has 1 heterocycles. The molecule has 2 nitrogen and oxygen atoms in total. The molecular formula is C15H19F2NO. The van der Waals surface area contributed by atoms with Gasteiger partial charge in [0.25, 0.3) is 5.92 Å². The van der Waals surface area contributed by atoms with Gasteiger partial charge in [0.2, 0.25) is 0 Å². The van der Waals surface area contributed by atoms with E-state index in [0.29, 0.717) is 13.0 Å². The Morgan fingerprint density at radius 1 is 1.37 bits per heavy atom. The van der Waals surface area contributed by atoms with Gasteiger partial charge in [0.05, 0.1) is 12.1 Å². The smallest absolute Gasteiger partial charge is 0.264 e. The van der Waals surface area contributed by atoms with E-state index in [2.05, 4.69) is 0 Å². The molecule has 1 N–H and O–H groups in total. The molecule has 0 spiro atoms. The average molecular weight is 267 g/mol. The van der Waals surface area contributed by atoms with Crippen LogP contribution in [0.1, 0.15) is 25.3 Å². The van der Waals surface area contributed by atoms with Crippen LogP contribution in [0, 0.1) is 5.92 Å². The molecule has 1 saturated heterocycles. The van der Waals surface area contributed by atoms with Gasteiger partial charge in [-0.15, -0.1) is 0 Å². The summed E-state index contributed by atoms with van der Waals surface area (Å²) in [5.41, 5.74) is 1.05. The minimum atomic E-state index is -2.55. The van der Waals surface area contributed by atoms with Gasteiger partial charge in [0, 0.05) is 24.9 Å². The highest BCUT2D eigenvalue weighted by Crippen LogP contribution is 2.57. The number of hydrogen-bond acceptors (Lipinski definition) is 2. The van der Waals surface area contributed by atoms with Gasteiger partial charge < -0.3 is 5.11 Å². The van der Waals surface area contributed by atoms with E-state index >= 15 is 0 Å². The summed E-state index contributed by atoms with van der Waals surface area (Å²) in [5, 5.41) is 9.52. The first-order valence-electron chi connectivity index (χ1n) is 6.84. The molecule has 104 valence electrons. The van der Waals surface area contributed by atoms with Crippen molar-refractivity contribution < 1.29 is 13.9 Å². The Bertz CT molecular complexity index is 449. The maximum absolute atomic E-state index is 13.6. The van der Waals surface area contributed by atoms with Crippen LogP contribution in [0.15, 0.2) is 30.3 Å². The molecule has 2 aliphatic rings. The molecule has 19 heavy (non-hydrogen) atoms. The second-order valence-electron chi connectivity index (χ2n) is 5.88.